The zero-order chi connectivity index (χ0) is 10.1. The third-order valence-corrected chi connectivity index (χ3v) is 2.79. The molecule has 0 aliphatic heterocycles. The number of ether oxygens (including phenoxy) is 1. The van der Waals surface area contributed by atoms with Gasteiger partial charge in [0.05, 0.1) is 12.0 Å². The zero-order valence-corrected chi connectivity index (χ0v) is 8.54. The molecule has 0 amide bonds. The standard InChI is InChI=1S/C10H18O3/c1-4-5-6-13-8-7(9(11)12)10(8,2)3/h7-8H,4-6H2,1-3H3,(H,11,12)/t7-,8-/m0/s1. The summed E-state index contributed by atoms with van der Waals surface area (Å²) >= 11 is 0. The number of carboxylic acid groups (broad SMARTS) is 1. The van der Waals surface area contributed by atoms with Crippen molar-refractivity contribution in [2.45, 2.75) is 39.7 Å². The Kier molecular flexibility index (Phi) is 2.96. The highest BCUT2D eigenvalue weighted by Gasteiger charge is 2.63. The average Bonchev–Trinajstić information content (AvgIpc) is 2.54. The Morgan fingerprint density at radius 1 is 1.54 bits per heavy atom. The first-order valence-electron chi connectivity index (χ1n) is 4.86. The van der Waals surface area contributed by atoms with Crippen molar-refractivity contribution in [1.82, 2.24) is 0 Å². The molecule has 0 bridgehead atoms. The minimum Gasteiger partial charge on any atom is -0.481 e. The Bertz CT molecular complexity index is 198. The van der Waals surface area contributed by atoms with Crippen molar-refractivity contribution in [3.63, 3.8) is 0 Å². The molecule has 3 heteroatoms. The molecule has 3 nitrogen and oxygen atoms in total. The fraction of sp³-hybridized carbons (Fsp3) is 0.900. The van der Waals surface area contributed by atoms with Crippen molar-refractivity contribution < 1.29 is 14.6 Å². The lowest BCUT2D eigenvalue weighted by Crippen LogP contribution is -2.05. The van der Waals surface area contributed by atoms with E-state index in [1.165, 1.54) is 0 Å². The fourth-order valence-corrected chi connectivity index (χ4v) is 1.70. The molecule has 0 radical (unpaired) electrons. The highest BCUT2D eigenvalue weighted by atomic mass is 16.5. The van der Waals surface area contributed by atoms with Gasteiger partial charge in [-0.25, -0.2) is 0 Å². The van der Waals surface area contributed by atoms with Gasteiger partial charge in [-0.05, 0) is 6.42 Å². The van der Waals surface area contributed by atoms with Gasteiger partial charge in [0.25, 0.3) is 0 Å². The molecule has 1 aliphatic rings. The van der Waals surface area contributed by atoms with Crippen LogP contribution in [0.5, 0.6) is 0 Å². The quantitative estimate of drug-likeness (QED) is 0.667. The van der Waals surface area contributed by atoms with Gasteiger partial charge in [-0.15, -0.1) is 0 Å². The maximum atomic E-state index is 10.7. The monoisotopic (exact) mass is 186 g/mol. The van der Waals surface area contributed by atoms with Gasteiger partial charge in [-0.2, -0.15) is 0 Å². The van der Waals surface area contributed by atoms with Crippen LogP contribution in [0.15, 0.2) is 0 Å². The Morgan fingerprint density at radius 2 is 2.15 bits per heavy atom. The van der Waals surface area contributed by atoms with Gasteiger partial charge in [-0.3, -0.25) is 4.79 Å². The minimum absolute atomic E-state index is 0.0726. The summed E-state index contributed by atoms with van der Waals surface area (Å²) in [5.41, 5.74) is -0.167. The molecule has 0 aromatic heterocycles. The molecule has 0 aromatic rings. The molecular weight excluding hydrogens is 168 g/mol. The van der Waals surface area contributed by atoms with Crippen LogP contribution in [0.25, 0.3) is 0 Å². The summed E-state index contributed by atoms with van der Waals surface area (Å²) in [6.07, 6.45) is 2.03. The van der Waals surface area contributed by atoms with E-state index in [2.05, 4.69) is 6.92 Å². The van der Waals surface area contributed by atoms with Gasteiger partial charge in [0.1, 0.15) is 0 Å². The van der Waals surface area contributed by atoms with E-state index in [4.69, 9.17) is 9.84 Å². The summed E-state index contributed by atoms with van der Waals surface area (Å²) in [6.45, 7) is 6.68. The summed E-state index contributed by atoms with van der Waals surface area (Å²) in [7, 11) is 0. The number of unbranched alkanes of at least 4 members (excludes halogenated alkanes) is 1. The van der Waals surface area contributed by atoms with Crippen LogP contribution in [0.1, 0.15) is 33.6 Å². The molecule has 1 rings (SSSR count). The normalized spacial score (nSPS) is 30.1. The first-order chi connectivity index (χ1) is 6.01. The van der Waals surface area contributed by atoms with Gasteiger partial charge in [0.2, 0.25) is 0 Å². The summed E-state index contributed by atoms with van der Waals surface area (Å²) < 4.78 is 5.50. The summed E-state index contributed by atoms with van der Waals surface area (Å²) in [6, 6.07) is 0. The molecule has 2 atom stereocenters. The smallest absolute Gasteiger partial charge is 0.309 e. The Morgan fingerprint density at radius 3 is 2.54 bits per heavy atom. The minimum atomic E-state index is -0.730. The number of carbonyl (C=O) groups is 1. The van der Waals surface area contributed by atoms with Crippen LogP contribution in [0.3, 0.4) is 0 Å². The van der Waals surface area contributed by atoms with Gasteiger partial charge in [-0.1, -0.05) is 27.2 Å². The molecule has 1 N–H and O–H groups in total. The van der Waals surface area contributed by atoms with Crippen LogP contribution in [0.4, 0.5) is 0 Å². The van der Waals surface area contributed by atoms with Crippen molar-refractivity contribution in [3.05, 3.63) is 0 Å². The predicted molar refractivity (Wildman–Crippen MR) is 49.6 cm³/mol. The van der Waals surface area contributed by atoms with E-state index in [0.717, 1.165) is 12.8 Å². The van der Waals surface area contributed by atoms with E-state index in [1.807, 2.05) is 13.8 Å². The summed E-state index contributed by atoms with van der Waals surface area (Å²) in [5, 5.41) is 8.84. The highest BCUT2D eigenvalue weighted by Crippen LogP contribution is 2.54. The highest BCUT2D eigenvalue weighted by molar-refractivity contribution is 5.76. The van der Waals surface area contributed by atoms with E-state index in [0.29, 0.717) is 6.61 Å². The number of rotatable bonds is 5. The Labute approximate surface area is 79.1 Å². The first-order valence-corrected chi connectivity index (χ1v) is 4.86. The molecule has 0 spiro atoms. The molecule has 1 fully saturated rings. The van der Waals surface area contributed by atoms with Gasteiger partial charge in [0, 0.05) is 12.0 Å². The molecule has 0 aromatic carbocycles. The van der Waals surface area contributed by atoms with Gasteiger partial charge >= 0.3 is 5.97 Å². The molecule has 76 valence electrons. The SMILES string of the molecule is CCCCO[C@H]1[C@@H](C(=O)O)C1(C)C. The van der Waals surface area contributed by atoms with Crippen LogP contribution in [0.2, 0.25) is 0 Å². The number of hydrogen-bond donors (Lipinski definition) is 1. The first kappa shape index (κ1) is 10.5. The van der Waals surface area contributed by atoms with Crippen molar-refractivity contribution in [2.75, 3.05) is 6.61 Å². The van der Waals surface area contributed by atoms with Crippen molar-refractivity contribution >= 4 is 5.97 Å². The Balaban J connectivity index is 2.33. The molecular formula is C10H18O3. The molecule has 0 unspecified atom stereocenters. The maximum Gasteiger partial charge on any atom is 0.309 e. The van der Waals surface area contributed by atoms with Crippen LogP contribution in [-0.2, 0) is 9.53 Å². The van der Waals surface area contributed by atoms with E-state index < -0.39 is 5.97 Å². The second kappa shape index (κ2) is 3.66. The topological polar surface area (TPSA) is 46.5 Å². The number of aliphatic carboxylic acids is 1. The third-order valence-electron chi connectivity index (χ3n) is 2.79. The average molecular weight is 186 g/mol. The van der Waals surface area contributed by atoms with Crippen molar-refractivity contribution in [1.29, 1.82) is 0 Å². The lowest BCUT2D eigenvalue weighted by Gasteiger charge is -2.03. The molecule has 0 heterocycles. The lowest BCUT2D eigenvalue weighted by molar-refractivity contribution is -0.140. The maximum absolute atomic E-state index is 10.7. The lowest BCUT2D eigenvalue weighted by atomic mass is 10.1. The largest absolute Gasteiger partial charge is 0.481 e. The third kappa shape index (κ3) is 2.02. The van der Waals surface area contributed by atoms with Crippen molar-refractivity contribution in [3.8, 4) is 0 Å². The van der Waals surface area contributed by atoms with Crippen LogP contribution >= 0.6 is 0 Å². The zero-order valence-electron chi connectivity index (χ0n) is 8.54. The fourth-order valence-electron chi connectivity index (χ4n) is 1.70. The second-order valence-corrected chi connectivity index (χ2v) is 4.28. The number of hydrogen-bond acceptors (Lipinski definition) is 2. The molecule has 1 aliphatic carbocycles. The molecule has 13 heavy (non-hydrogen) atoms. The van der Waals surface area contributed by atoms with E-state index >= 15 is 0 Å². The van der Waals surface area contributed by atoms with Crippen molar-refractivity contribution in [2.24, 2.45) is 11.3 Å². The Hall–Kier alpha value is -0.570. The van der Waals surface area contributed by atoms with Crippen LogP contribution < -0.4 is 0 Å². The van der Waals surface area contributed by atoms with E-state index in [1.54, 1.807) is 0 Å². The summed E-state index contributed by atoms with van der Waals surface area (Å²) in [4.78, 5) is 10.7. The van der Waals surface area contributed by atoms with Gasteiger partial charge < -0.3 is 9.84 Å². The van der Waals surface area contributed by atoms with Crippen LogP contribution in [0, 0.1) is 11.3 Å². The van der Waals surface area contributed by atoms with E-state index in [-0.39, 0.29) is 17.4 Å². The summed E-state index contributed by atoms with van der Waals surface area (Å²) in [5.74, 6) is -1.03. The number of carboxylic acids is 1. The molecule has 1 saturated carbocycles. The predicted octanol–water partition coefficient (Wildman–Crippen LogP) is 1.91. The molecule has 0 saturated heterocycles. The van der Waals surface area contributed by atoms with Gasteiger partial charge in [0.15, 0.2) is 0 Å². The van der Waals surface area contributed by atoms with Crippen LogP contribution in [-0.4, -0.2) is 23.8 Å². The van der Waals surface area contributed by atoms with E-state index in [9.17, 15) is 4.79 Å². The second-order valence-electron chi connectivity index (χ2n) is 4.28.